The Morgan fingerprint density at radius 3 is 1.71 bits per heavy atom. The van der Waals surface area contributed by atoms with E-state index >= 15 is 0 Å². The van der Waals surface area contributed by atoms with Gasteiger partial charge in [0, 0.05) is 38.3 Å². The van der Waals surface area contributed by atoms with Crippen LogP contribution in [0.5, 0.6) is 0 Å². The molecular weight excluding hydrogens is 230 g/mol. The number of carboxylic acids is 2. The third kappa shape index (κ3) is 8.88. The van der Waals surface area contributed by atoms with Crippen LogP contribution in [0.1, 0.15) is 0 Å². The Bertz CT molecular complexity index is 294. The predicted octanol–water partition coefficient (Wildman–Crippen LogP) is -1.32. The first-order valence-electron chi connectivity index (χ1n) is 4.82. The van der Waals surface area contributed by atoms with Crippen LogP contribution >= 0.6 is 0 Å². The van der Waals surface area contributed by atoms with Crippen LogP contribution in [0.3, 0.4) is 0 Å². The summed E-state index contributed by atoms with van der Waals surface area (Å²) in [5.41, 5.74) is 5.03. The Morgan fingerprint density at radius 1 is 1.06 bits per heavy atom. The molecule has 1 saturated heterocycles. The fraction of sp³-hybridized carbons (Fsp3) is 0.444. The maximum Gasteiger partial charge on any atom is 0.328 e. The number of amides is 2. The van der Waals surface area contributed by atoms with Gasteiger partial charge < -0.3 is 26.2 Å². The number of carbonyl (C=O) groups is 3. The minimum absolute atomic E-state index is 0.309. The lowest BCUT2D eigenvalue weighted by Crippen LogP contribution is -2.48. The standard InChI is InChI=1S/C5H11N3O.C4H4O4/c6-5(9)8-3-1-7-2-4-8;5-3(6)1-2-4(7)8/h7H,1-4H2,(H2,6,9);1-2H,(H,5,6)(H,7,8)/b;2-1-. The third-order valence-electron chi connectivity index (χ3n) is 1.80. The number of carbonyl (C=O) groups excluding carboxylic acids is 1. The lowest BCUT2D eigenvalue weighted by Gasteiger charge is -2.25. The lowest BCUT2D eigenvalue weighted by atomic mass is 10.4. The minimum Gasteiger partial charge on any atom is -0.478 e. The van der Waals surface area contributed by atoms with Crippen LogP contribution in [0.15, 0.2) is 12.2 Å². The average Bonchev–Trinajstić information content (AvgIpc) is 2.28. The second-order valence-electron chi connectivity index (χ2n) is 3.09. The summed E-state index contributed by atoms with van der Waals surface area (Å²) in [4.78, 5) is 31.2. The molecule has 0 radical (unpaired) electrons. The largest absolute Gasteiger partial charge is 0.478 e. The third-order valence-corrected chi connectivity index (χ3v) is 1.80. The molecule has 0 aromatic heterocycles. The molecule has 1 heterocycles. The summed E-state index contributed by atoms with van der Waals surface area (Å²) < 4.78 is 0. The molecule has 0 atom stereocenters. The molecule has 96 valence electrons. The van der Waals surface area contributed by atoms with E-state index in [0.29, 0.717) is 12.2 Å². The molecule has 0 saturated carbocycles. The van der Waals surface area contributed by atoms with Gasteiger partial charge in [0.2, 0.25) is 0 Å². The molecule has 8 heteroatoms. The number of hydrogen-bond donors (Lipinski definition) is 4. The summed E-state index contributed by atoms with van der Waals surface area (Å²) >= 11 is 0. The topological polar surface area (TPSA) is 133 Å². The number of rotatable bonds is 2. The van der Waals surface area contributed by atoms with Crippen molar-refractivity contribution in [3.63, 3.8) is 0 Å². The number of piperazine rings is 1. The first-order chi connectivity index (χ1) is 7.93. The van der Waals surface area contributed by atoms with Crippen LogP contribution in [-0.2, 0) is 9.59 Å². The molecule has 0 unspecified atom stereocenters. The highest BCUT2D eigenvalue weighted by atomic mass is 16.4. The van der Waals surface area contributed by atoms with Crippen molar-refractivity contribution in [1.29, 1.82) is 0 Å². The number of primary amides is 1. The van der Waals surface area contributed by atoms with Crippen LogP contribution in [0.4, 0.5) is 4.79 Å². The molecular formula is C9H15N3O5. The molecule has 2 amide bonds. The lowest BCUT2D eigenvalue weighted by molar-refractivity contribution is -0.134. The van der Waals surface area contributed by atoms with Crippen LogP contribution < -0.4 is 11.1 Å². The summed E-state index contributed by atoms with van der Waals surface area (Å²) in [5.74, 6) is -2.51. The van der Waals surface area contributed by atoms with Gasteiger partial charge in [0.15, 0.2) is 0 Å². The zero-order valence-electron chi connectivity index (χ0n) is 9.13. The van der Waals surface area contributed by atoms with Gasteiger partial charge in [-0.2, -0.15) is 0 Å². The normalized spacial score (nSPS) is 14.9. The van der Waals surface area contributed by atoms with E-state index in [1.165, 1.54) is 0 Å². The van der Waals surface area contributed by atoms with Gasteiger partial charge in [-0.15, -0.1) is 0 Å². The Labute approximate surface area is 97.7 Å². The number of nitrogens with two attached hydrogens (primary N) is 1. The second kappa shape index (κ2) is 8.11. The van der Waals surface area contributed by atoms with Gasteiger partial charge >= 0.3 is 18.0 Å². The molecule has 8 nitrogen and oxygen atoms in total. The van der Waals surface area contributed by atoms with Crippen LogP contribution in [0.2, 0.25) is 0 Å². The van der Waals surface area contributed by atoms with E-state index in [0.717, 1.165) is 26.2 Å². The van der Waals surface area contributed by atoms with Crippen molar-refractivity contribution < 1.29 is 24.6 Å². The van der Waals surface area contributed by atoms with E-state index in [9.17, 15) is 14.4 Å². The van der Waals surface area contributed by atoms with Crippen LogP contribution in [0, 0.1) is 0 Å². The quantitative estimate of drug-likeness (QED) is 0.446. The average molecular weight is 245 g/mol. The predicted molar refractivity (Wildman–Crippen MR) is 58.4 cm³/mol. The number of carboxylic acid groups (broad SMARTS) is 2. The summed E-state index contributed by atoms with van der Waals surface area (Å²) in [6.07, 6.45) is 1.12. The summed E-state index contributed by atoms with van der Waals surface area (Å²) in [7, 11) is 0. The number of urea groups is 1. The van der Waals surface area contributed by atoms with Gasteiger partial charge in [0.05, 0.1) is 0 Å². The maximum atomic E-state index is 10.5. The maximum absolute atomic E-state index is 10.5. The van der Waals surface area contributed by atoms with E-state index in [-0.39, 0.29) is 6.03 Å². The molecule has 17 heavy (non-hydrogen) atoms. The van der Waals surface area contributed by atoms with E-state index in [1.54, 1.807) is 4.90 Å². The molecule has 0 bridgehead atoms. The van der Waals surface area contributed by atoms with Crippen molar-refractivity contribution in [2.24, 2.45) is 5.73 Å². The summed E-state index contributed by atoms with van der Waals surface area (Å²) in [5, 5.41) is 18.7. The molecule has 1 aliphatic heterocycles. The molecule has 0 aromatic carbocycles. The van der Waals surface area contributed by atoms with Gasteiger partial charge in [-0.3, -0.25) is 0 Å². The first-order valence-corrected chi connectivity index (χ1v) is 4.82. The number of nitrogens with zero attached hydrogens (tertiary/aromatic N) is 1. The molecule has 0 spiro atoms. The number of nitrogens with one attached hydrogen (secondary N) is 1. The zero-order chi connectivity index (χ0) is 13.3. The molecule has 1 fully saturated rings. The van der Waals surface area contributed by atoms with Gasteiger partial charge in [-0.1, -0.05) is 0 Å². The fourth-order valence-corrected chi connectivity index (χ4v) is 1.03. The highest BCUT2D eigenvalue weighted by Gasteiger charge is 2.11. The van der Waals surface area contributed by atoms with Gasteiger partial charge in [-0.05, 0) is 0 Å². The summed E-state index contributed by atoms with van der Waals surface area (Å²) in [6, 6.07) is -0.309. The number of aliphatic carboxylic acids is 2. The molecule has 0 aliphatic carbocycles. The summed E-state index contributed by atoms with van der Waals surface area (Å²) in [6.45, 7) is 3.22. The highest BCUT2D eigenvalue weighted by molar-refractivity contribution is 5.89. The first kappa shape index (κ1) is 14.9. The van der Waals surface area contributed by atoms with Crippen molar-refractivity contribution in [3.8, 4) is 0 Å². The van der Waals surface area contributed by atoms with Crippen LogP contribution in [0.25, 0.3) is 0 Å². The van der Waals surface area contributed by atoms with E-state index < -0.39 is 11.9 Å². The zero-order valence-corrected chi connectivity index (χ0v) is 9.13. The van der Waals surface area contributed by atoms with Gasteiger partial charge in [0.25, 0.3) is 0 Å². The van der Waals surface area contributed by atoms with E-state index in [4.69, 9.17) is 15.9 Å². The Morgan fingerprint density at radius 2 is 1.47 bits per heavy atom. The Kier molecular flexibility index (Phi) is 7.11. The number of hydrogen-bond acceptors (Lipinski definition) is 4. The monoisotopic (exact) mass is 245 g/mol. The molecule has 1 rings (SSSR count). The minimum atomic E-state index is -1.26. The fourth-order valence-electron chi connectivity index (χ4n) is 1.03. The van der Waals surface area contributed by atoms with Crippen molar-refractivity contribution in [3.05, 3.63) is 12.2 Å². The Hall–Kier alpha value is -2.09. The molecule has 1 aliphatic rings. The van der Waals surface area contributed by atoms with Crippen molar-refractivity contribution in [2.45, 2.75) is 0 Å². The smallest absolute Gasteiger partial charge is 0.328 e. The van der Waals surface area contributed by atoms with E-state index in [1.807, 2.05) is 0 Å². The van der Waals surface area contributed by atoms with Gasteiger partial charge in [-0.25, -0.2) is 14.4 Å². The van der Waals surface area contributed by atoms with Crippen molar-refractivity contribution in [2.75, 3.05) is 26.2 Å². The van der Waals surface area contributed by atoms with Crippen molar-refractivity contribution in [1.82, 2.24) is 10.2 Å². The van der Waals surface area contributed by atoms with Crippen LogP contribution in [-0.4, -0.2) is 59.3 Å². The Balaban J connectivity index is 0.000000304. The van der Waals surface area contributed by atoms with Crippen molar-refractivity contribution >= 4 is 18.0 Å². The highest BCUT2D eigenvalue weighted by Crippen LogP contribution is 1.89. The van der Waals surface area contributed by atoms with Gasteiger partial charge in [0.1, 0.15) is 0 Å². The SMILES string of the molecule is NC(=O)N1CCNCC1.O=C(O)/C=C\C(=O)O. The molecule has 0 aromatic rings. The second-order valence-corrected chi connectivity index (χ2v) is 3.09. The van der Waals surface area contributed by atoms with E-state index in [2.05, 4.69) is 5.32 Å². The molecule has 5 N–H and O–H groups in total.